The summed E-state index contributed by atoms with van der Waals surface area (Å²) in [4.78, 5) is 0. The van der Waals surface area contributed by atoms with Gasteiger partial charge in [-0.1, -0.05) is 30.3 Å². The molecule has 2 N–H and O–H groups in total. The lowest BCUT2D eigenvalue weighted by molar-refractivity contribution is 0.0603. The molecule has 1 aromatic heterocycles. The van der Waals surface area contributed by atoms with E-state index in [-0.39, 0.29) is 18.7 Å². The minimum atomic E-state index is -3.43. The zero-order chi connectivity index (χ0) is 16.1. The Morgan fingerprint density at radius 1 is 1.18 bits per heavy atom. The van der Waals surface area contributed by atoms with Gasteiger partial charge in [-0.25, -0.2) is 13.1 Å². The van der Waals surface area contributed by atoms with E-state index < -0.39 is 15.6 Å². The lowest BCUT2D eigenvalue weighted by atomic mass is 10.0. The fourth-order valence-electron chi connectivity index (χ4n) is 2.09. The summed E-state index contributed by atoms with van der Waals surface area (Å²) < 4.78 is 31.6. The van der Waals surface area contributed by atoms with Gasteiger partial charge in [-0.2, -0.15) is 0 Å². The van der Waals surface area contributed by atoms with Crippen LogP contribution in [0.1, 0.15) is 18.2 Å². The molecule has 2 aromatic rings. The highest BCUT2D eigenvalue weighted by molar-refractivity contribution is 7.89. The van der Waals surface area contributed by atoms with Crippen molar-refractivity contribution >= 4 is 10.0 Å². The average molecular weight is 323 g/mol. The van der Waals surface area contributed by atoms with Crippen molar-refractivity contribution in [1.29, 1.82) is 0 Å². The molecule has 0 spiro atoms. The van der Waals surface area contributed by atoms with Gasteiger partial charge in [0.1, 0.15) is 5.76 Å². The molecule has 0 bridgehead atoms. The molecule has 22 heavy (non-hydrogen) atoms. The van der Waals surface area contributed by atoms with Crippen molar-refractivity contribution in [2.75, 3.05) is 12.3 Å². The van der Waals surface area contributed by atoms with Crippen LogP contribution in [0.4, 0.5) is 0 Å². The second kappa shape index (κ2) is 7.09. The van der Waals surface area contributed by atoms with Crippen LogP contribution in [0.15, 0.2) is 53.1 Å². The molecule has 0 aliphatic heterocycles. The average Bonchev–Trinajstić information content (AvgIpc) is 2.97. The second-order valence-electron chi connectivity index (χ2n) is 5.63. The molecule has 0 unspecified atom stereocenters. The number of hydrogen-bond donors (Lipinski definition) is 2. The number of benzene rings is 1. The Hall–Kier alpha value is -1.63. The first-order chi connectivity index (χ1) is 10.4. The lowest BCUT2D eigenvalue weighted by Crippen LogP contribution is -2.43. The molecule has 120 valence electrons. The minimum absolute atomic E-state index is 0.00611. The smallest absolute Gasteiger partial charge is 0.212 e. The molecule has 0 saturated heterocycles. The molecule has 1 heterocycles. The highest BCUT2D eigenvalue weighted by Crippen LogP contribution is 2.13. The van der Waals surface area contributed by atoms with Crippen molar-refractivity contribution in [3.63, 3.8) is 0 Å². The zero-order valence-corrected chi connectivity index (χ0v) is 13.3. The van der Waals surface area contributed by atoms with Gasteiger partial charge in [0.15, 0.2) is 0 Å². The number of sulfonamides is 1. The summed E-state index contributed by atoms with van der Waals surface area (Å²) >= 11 is 0. The first-order valence-corrected chi connectivity index (χ1v) is 8.78. The topological polar surface area (TPSA) is 79.5 Å². The highest BCUT2D eigenvalue weighted by atomic mass is 32.2. The molecule has 0 aliphatic rings. The third-order valence-corrected chi connectivity index (χ3v) is 4.64. The number of hydrogen-bond acceptors (Lipinski definition) is 4. The van der Waals surface area contributed by atoms with Crippen LogP contribution in [0.5, 0.6) is 0 Å². The van der Waals surface area contributed by atoms with Crippen molar-refractivity contribution in [2.45, 2.75) is 25.4 Å². The second-order valence-corrected chi connectivity index (χ2v) is 7.56. The summed E-state index contributed by atoms with van der Waals surface area (Å²) in [6.45, 7) is 1.53. The Balaban J connectivity index is 1.83. The zero-order valence-electron chi connectivity index (χ0n) is 12.5. The van der Waals surface area contributed by atoms with E-state index in [0.29, 0.717) is 12.2 Å². The third-order valence-electron chi connectivity index (χ3n) is 3.31. The third kappa shape index (κ3) is 5.63. The van der Waals surface area contributed by atoms with Crippen molar-refractivity contribution in [3.8, 4) is 0 Å². The Morgan fingerprint density at radius 3 is 2.55 bits per heavy atom. The highest BCUT2D eigenvalue weighted by Gasteiger charge is 2.24. The lowest BCUT2D eigenvalue weighted by Gasteiger charge is -2.22. The fraction of sp³-hybridized carbons (Fsp3) is 0.375. The molecule has 0 radical (unpaired) electrons. The van der Waals surface area contributed by atoms with Gasteiger partial charge in [-0.3, -0.25) is 0 Å². The number of furan rings is 1. The van der Waals surface area contributed by atoms with Crippen LogP contribution in [0.25, 0.3) is 0 Å². The van der Waals surface area contributed by atoms with E-state index in [0.717, 1.165) is 5.56 Å². The van der Waals surface area contributed by atoms with Crippen LogP contribution < -0.4 is 4.72 Å². The Morgan fingerprint density at radius 2 is 1.91 bits per heavy atom. The van der Waals surface area contributed by atoms with Crippen LogP contribution >= 0.6 is 0 Å². The molecule has 1 atom stereocenters. The van der Waals surface area contributed by atoms with Gasteiger partial charge >= 0.3 is 0 Å². The molecular weight excluding hydrogens is 302 g/mol. The monoisotopic (exact) mass is 323 g/mol. The summed E-state index contributed by atoms with van der Waals surface area (Å²) in [7, 11) is -3.43. The van der Waals surface area contributed by atoms with Crippen LogP contribution in [-0.2, 0) is 22.9 Å². The summed E-state index contributed by atoms with van der Waals surface area (Å²) in [6.07, 6.45) is 2.22. The van der Waals surface area contributed by atoms with Gasteiger partial charge in [-0.15, -0.1) is 0 Å². The predicted octanol–water partition coefficient (Wildman–Crippen LogP) is 1.74. The number of rotatable bonds is 8. The maximum atomic E-state index is 12.0. The van der Waals surface area contributed by atoms with Gasteiger partial charge in [0.2, 0.25) is 10.0 Å². The first-order valence-electron chi connectivity index (χ1n) is 7.12. The Bertz CT molecular complexity index is 663. The number of aliphatic hydroxyl groups is 1. The Labute approximate surface area is 131 Å². The quantitative estimate of drug-likeness (QED) is 0.775. The molecule has 2 rings (SSSR count). The number of nitrogens with one attached hydrogen (secondary N) is 1. The van der Waals surface area contributed by atoms with Gasteiger partial charge in [0.05, 0.1) is 17.6 Å². The molecule has 0 saturated carbocycles. The maximum absolute atomic E-state index is 12.0. The van der Waals surface area contributed by atoms with Gasteiger partial charge in [0, 0.05) is 13.0 Å². The van der Waals surface area contributed by atoms with E-state index >= 15 is 0 Å². The molecule has 6 heteroatoms. The SMILES string of the molecule is C[C@](O)(CNS(=O)(=O)CCc1ccccc1)Cc1ccco1. The number of aryl methyl sites for hydroxylation is 1. The predicted molar refractivity (Wildman–Crippen MR) is 85.0 cm³/mol. The molecule has 0 amide bonds. The molecule has 1 aromatic carbocycles. The van der Waals surface area contributed by atoms with Gasteiger partial charge in [0.25, 0.3) is 0 Å². The van der Waals surface area contributed by atoms with E-state index in [1.165, 1.54) is 6.26 Å². The van der Waals surface area contributed by atoms with Crippen molar-refractivity contribution < 1.29 is 17.9 Å². The Kier molecular flexibility index (Phi) is 5.39. The van der Waals surface area contributed by atoms with Gasteiger partial charge in [-0.05, 0) is 31.0 Å². The van der Waals surface area contributed by atoms with Crippen LogP contribution in [0.3, 0.4) is 0 Å². The first kappa shape index (κ1) is 16.7. The van der Waals surface area contributed by atoms with E-state index in [1.54, 1.807) is 19.1 Å². The largest absolute Gasteiger partial charge is 0.469 e. The summed E-state index contributed by atoms with van der Waals surface area (Å²) in [5, 5.41) is 10.2. The minimum Gasteiger partial charge on any atom is -0.469 e. The van der Waals surface area contributed by atoms with Gasteiger partial charge < -0.3 is 9.52 Å². The van der Waals surface area contributed by atoms with Crippen LogP contribution in [-0.4, -0.2) is 31.4 Å². The standard InChI is InChI=1S/C16H21NO4S/c1-16(18,12-15-8-5-10-21-15)13-17-22(19,20)11-9-14-6-3-2-4-7-14/h2-8,10,17-18H,9,11-13H2,1H3/t16-/m1/s1. The molecule has 5 nitrogen and oxygen atoms in total. The van der Waals surface area contributed by atoms with Crippen LogP contribution in [0, 0.1) is 0 Å². The van der Waals surface area contributed by atoms with Crippen LogP contribution in [0.2, 0.25) is 0 Å². The summed E-state index contributed by atoms with van der Waals surface area (Å²) in [6, 6.07) is 12.9. The fourth-order valence-corrected chi connectivity index (χ4v) is 3.27. The van der Waals surface area contributed by atoms with Crippen molar-refractivity contribution in [3.05, 3.63) is 60.1 Å². The van der Waals surface area contributed by atoms with E-state index in [1.807, 2.05) is 30.3 Å². The maximum Gasteiger partial charge on any atom is 0.212 e. The molecular formula is C16H21NO4S. The summed E-state index contributed by atoms with van der Waals surface area (Å²) in [5.74, 6) is 0.613. The van der Waals surface area contributed by atoms with E-state index in [2.05, 4.69) is 4.72 Å². The van der Waals surface area contributed by atoms with Crippen molar-refractivity contribution in [1.82, 2.24) is 4.72 Å². The molecule has 0 fully saturated rings. The van der Waals surface area contributed by atoms with Crippen molar-refractivity contribution in [2.24, 2.45) is 0 Å². The molecule has 0 aliphatic carbocycles. The normalized spacial score (nSPS) is 14.6. The van der Waals surface area contributed by atoms with E-state index in [9.17, 15) is 13.5 Å². The van der Waals surface area contributed by atoms with E-state index in [4.69, 9.17) is 4.42 Å². The summed E-state index contributed by atoms with van der Waals surface area (Å²) in [5.41, 5.74) is -0.229.